The summed E-state index contributed by atoms with van der Waals surface area (Å²) in [6, 6.07) is 0. The third kappa shape index (κ3) is 2.10. The lowest BCUT2D eigenvalue weighted by Crippen LogP contribution is -2.39. The Morgan fingerprint density at radius 1 is 1.69 bits per heavy atom. The van der Waals surface area contributed by atoms with Gasteiger partial charge in [0.25, 0.3) is 0 Å². The molecule has 3 nitrogen and oxygen atoms in total. The second-order valence-corrected chi connectivity index (χ2v) is 4.23. The van der Waals surface area contributed by atoms with Crippen LogP contribution in [0.15, 0.2) is 12.7 Å². The van der Waals surface area contributed by atoms with Crippen molar-refractivity contribution >= 4 is 0 Å². The third-order valence-electron chi connectivity index (χ3n) is 2.63. The van der Waals surface area contributed by atoms with Crippen molar-refractivity contribution in [3.8, 4) is 0 Å². The van der Waals surface area contributed by atoms with Gasteiger partial charge in [0.05, 0.1) is 18.3 Å². The summed E-state index contributed by atoms with van der Waals surface area (Å²) in [6.07, 6.45) is 2.90. The van der Waals surface area contributed by atoms with Gasteiger partial charge in [-0.2, -0.15) is 0 Å². The molecule has 0 spiro atoms. The number of aliphatic hydroxyl groups excluding tert-OH is 1. The minimum absolute atomic E-state index is 0.0664. The fraction of sp³-hybridized carbons (Fsp3) is 0.800. The van der Waals surface area contributed by atoms with E-state index in [4.69, 9.17) is 9.84 Å². The molecule has 1 heterocycles. The molecule has 1 rings (SSSR count). The van der Waals surface area contributed by atoms with Gasteiger partial charge in [-0.1, -0.05) is 6.08 Å². The lowest BCUT2D eigenvalue weighted by atomic mass is 9.96. The van der Waals surface area contributed by atoms with E-state index in [9.17, 15) is 5.11 Å². The van der Waals surface area contributed by atoms with Crippen LogP contribution in [0.5, 0.6) is 0 Å². The van der Waals surface area contributed by atoms with Gasteiger partial charge in [-0.15, -0.1) is 6.58 Å². The number of aliphatic hydroxyl groups is 2. The van der Waals surface area contributed by atoms with Crippen molar-refractivity contribution in [2.75, 3.05) is 6.61 Å². The smallest absolute Gasteiger partial charge is 0.110 e. The van der Waals surface area contributed by atoms with Crippen molar-refractivity contribution in [1.82, 2.24) is 0 Å². The molecular formula is C10H18O3. The predicted octanol–water partition coefficient (Wildman–Crippen LogP) is 0.853. The highest BCUT2D eigenvalue weighted by Crippen LogP contribution is 2.35. The van der Waals surface area contributed by atoms with E-state index in [-0.39, 0.29) is 12.7 Å². The zero-order chi connectivity index (χ0) is 10.1. The Kier molecular flexibility index (Phi) is 2.80. The summed E-state index contributed by atoms with van der Waals surface area (Å²) in [5.74, 6) is 0. The summed E-state index contributed by atoms with van der Waals surface area (Å²) in [5, 5.41) is 18.8. The van der Waals surface area contributed by atoms with E-state index in [0.717, 1.165) is 12.8 Å². The van der Waals surface area contributed by atoms with Crippen LogP contribution in [-0.4, -0.2) is 34.1 Å². The second-order valence-electron chi connectivity index (χ2n) is 4.23. The van der Waals surface area contributed by atoms with E-state index in [0.29, 0.717) is 0 Å². The normalized spacial score (nSPS) is 34.9. The maximum Gasteiger partial charge on any atom is 0.110 e. The molecule has 0 aromatic carbocycles. The van der Waals surface area contributed by atoms with E-state index in [2.05, 4.69) is 6.58 Å². The lowest BCUT2D eigenvalue weighted by molar-refractivity contribution is -0.117. The van der Waals surface area contributed by atoms with Gasteiger partial charge < -0.3 is 14.9 Å². The summed E-state index contributed by atoms with van der Waals surface area (Å²) in [5.41, 5.74) is -1.48. The maximum absolute atomic E-state index is 9.70. The quantitative estimate of drug-likeness (QED) is 0.642. The Morgan fingerprint density at radius 2 is 2.31 bits per heavy atom. The third-order valence-corrected chi connectivity index (χ3v) is 2.63. The topological polar surface area (TPSA) is 49.7 Å². The first-order valence-electron chi connectivity index (χ1n) is 4.58. The van der Waals surface area contributed by atoms with Crippen LogP contribution in [0.2, 0.25) is 0 Å². The van der Waals surface area contributed by atoms with Crippen molar-refractivity contribution < 1.29 is 14.9 Å². The van der Waals surface area contributed by atoms with E-state index < -0.39 is 11.2 Å². The highest BCUT2D eigenvalue weighted by Gasteiger charge is 2.43. The first-order valence-corrected chi connectivity index (χ1v) is 4.58. The SMILES string of the molecule is C=C[C@@]1(CO)CC[C@H](C(C)(C)O)O1. The van der Waals surface area contributed by atoms with Gasteiger partial charge in [0, 0.05) is 0 Å². The molecule has 13 heavy (non-hydrogen) atoms. The Morgan fingerprint density at radius 3 is 2.54 bits per heavy atom. The summed E-state index contributed by atoms with van der Waals surface area (Å²) in [7, 11) is 0. The zero-order valence-corrected chi connectivity index (χ0v) is 8.29. The number of hydrogen-bond donors (Lipinski definition) is 2. The fourth-order valence-electron chi connectivity index (χ4n) is 1.61. The number of rotatable bonds is 3. The standard InChI is InChI=1S/C10H18O3/c1-4-10(7-11)6-5-8(13-10)9(2,3)12/h4,8,11-12H,1,5-7H2,2-3H3/t8-,10+/m1/s1. The molecule has 0 aromatic heterocycles. The van der Waals surface area contributed by atoms with Crippen LogP contribution in [0.25, 0.3) is 0 Å². The lowest BCUT2D eigenvalue weighted by Gasteiger charge is -2.29. The first kappa shape index (κ1) is 10.7. The Hall–Kier alpha value is -0.380. The second kappa shape index (κ2) is 3.40. The average molecular weight is 186 g/mol. The molecule has 2 N–H and O–H groups in total. The van der Waals surface area contributed by atoms with Crippen LogP contribution < -0.4 is 0 Å². The molecule has 1 saturated heterocycles. The molecule has 0 aliphatic carbocycles. The minimum atomic E-state index is -0.847. The molecule has 0 unspecified atom stereocenters. The van der Waals surface area contributed by atoms with Gasteiger partial charge in [0.15, 0.2) is 0 Å². The van der Waals surface area contributed by atoms with E-state index in [1.165, 1.54) is 0 Å². The molecule has 0 radical (unpaired) electrons. The summed E-state index contributed by atoms with van der Waals surface area (Å²) < 4.78 is 5.59. The van der Waals surface area contributed by atoms with Gasteiger partial charge >= 0.3 is 0 Å². The first-order chi connectivity index (χ1) is 5.93. The van der Waals surface area contributed by atoms with Gasteiger partial charge in [0.2, 0.25) is 0 Å². The van der Waals surface area contributed by atoms with Crippen LogP contribution in [0.4, 0.5) is 0 Å². The van der Waals surface area contributed by atoms with E-state index >= 15 is 0 Å². The molecule has 0 amide bonds. The van der Waals surface area contributed by atoms with Crippen LogP contribution in [0, 0.1) is 0 Å². The van der Waals surface area contributed by atoms with Crippen molar-refractivity contribution in [2.45, 2.75) is 44.0 Å². The fourth-order valence-corrected chi connectivity index (χ4v) is 1.61. The average Bonchev–Trinajstić information content (AvgIpc) is 2.48. The van der Waals surface area contributed by atoms with Gasteiger partial charge in [0.1, 0.15) is 5.60 Å². The number of ether oxygens (including phenoxy) is 1. The Balaban J connectivity index is 2.67. The maximum atomic E-state index is 9.70. The van der Waals surface area contributed by atoms with Gasteiger partial charge in [-0.3, -0.25) is 0 Å². The largest absolute Gasteiger partial charge is 0.393 e. The van der Waals surface area contributed by atoms with Gasteiger partial charge in [-0.25, -0.2) is 0 Å². The number of hydrogen-bond acceptors (Lipinski definition) is 3. The van der Waals surface area contributed by atoms with Crippen molar-refractivity contribution in [3.05, 3.63) is 12.7 Å². The van der Waals surface area contributed by atoms with Crippen molar-refractivity contribution in [1.29, 1.82) is 0 Å². The van der Waals surface area contributed by atoms with E-state index in [1.54, 1.807) is 19.9 Å². The molecule has 2 atom stereocenters. The molecule has 0 bridgehead atoms. The summed E-state index contributed by atoms with van der Waals surface area (Å²) in [6.45, 7) is 7.00. The molecule has 1 fully saturated rings. The monoisotopic (exact) mass is 186 g/mol. The molecule has 76 valence electrons. The highest BCUT2D eigenvalue weighted by atomic mass is 16.5. The van der Waals surface area contributed by atoms with Crippen LogP contribution >= 0.6 is 0 Å². The predicted molar refractivity (Wildman–Crippen MR) is 50.4 cm³/mol. The molecule has 3 heteroatoms. The minimum Gasteiger partial charge on any atom is -0.393 e. The van der Waals surface area contributed by atoms with Crippen LogP contribution in [-0.2, 0) is 4.74 Å². The van der Waals surface area contributed by atoms with E-state index in [1.807, 2.05) is 0 Å². The van der Waals surface area contributed by atoms with Crippen LogP contribution in [0.3, 0.4) is 0 Å². The molecule has 0 aromatic rings. The van der Waals surface area contributed by atoms with Gasteiger partial charge in [-0.05, 0) is 26.7 Å². The van der Waals surface area contributed by atoms with Crippen LogP contribution in [0.1, 0.15) is 26.7 Å². The molecule has 0 saturated carbocycles. The highest BCUT2D eigenvalue weighted by molar-refractivity contribution is 5.04. The molecule has 1 aliphatic rings. The Labute approximate surface area is 79.0 Å². The molecule has 1 aliphatic heterocycles. The zero-order valence-electron chi connectivity index (χ0n) is 8.29. The Bertz CT molecular complexity index is 195. The van der Waals surface area contributed by atoms with Crippen molar-refractivity contribution in [3.63, 3.8) is 0 Å². The summed E-state index contributed by atoms with van der Waals surface area (Å²) >= 11 is 0. The van der Waals surface area contributed by atoms with Crippen molar-refractivity contribution in [2.24, 2.45) is 0 Å². The molecular weight excluding hydrogens is 168 g/mol. The summed E-state index contributed by atoms with van der Waals surface area (Å²) in [4.78, 5) is 0.